The summed E-state index contributed by atoms with van der Waals surface area (Å²) in [6, 6.07) is 12.5. The molecule has 1 atom stereocenters. The molecule has 0 spiro atoms. The van der Waals surface area contributed by atoms with Crippen LogP contribution < -0.4 is 5.32 Å². The first-order valence-electron chi connectivity index (χ1n) is 5.96. The molecule has 2 aromatic carbocycles. The zero-order valence-corrected chi connectivity index (χ0v) is 12.4. The summed E-state index contributed by atoms with van der Waals surface area (Å²) >= 11 is 3.33. The molecule has 0 aliphatic heterocycles. The molecule has 0 saturated carbocycles. The maximum atomic E-state index is 13.8. The predicted molar refractivity (Wildman–Crippen MR) is 78.9 cm³/mol. The fourth-order valence-corrected chi connectivity index (χ4v) is 2.07. The topological polar surface area (TPSA) is 38.3 Å². The molecule has 0 bridgehead atoms. The minimum absolute atomic E-state index is 0.252. The van der Waals surface area contributed by atoms with Crippen molar-refractivity contribution in [2.75, 3.05) is 12.4 Å². The van der Waals surface area contributed by atoms with E-state index in [0.717, 1.165) is 4.47 Å². The van der Waals surface area contributed by atoms with E-state index in [2.05, 4.69) is 21.2 Å². The van der Waals surface area contributed by atoms with Gasteiger partial charge in [-0.25, -0.2) is 9.18 Å². The maximum Gasteiger partial charge on any atom is 0.333 e. The Labute approximate surface area is 124 Å². The minimum atomic E-state index is -0.887. The zero-order valence-electron chi connectivity index (χ0n) is 10.8. The van der Waals surface area contributed by atoms with Crippen LogP contribution >= 0.6 is 15.9 Å². The van der Waals surface area contributed by atoms with Crippen LogP contribution in [0.25, 0.3) is 0 Å². The summed E-state index contributed by atoms with van der Waals surface area (Å²) in [5.74, 6) is -0.995. The highest BCUT2D eigenvalue weighted by molar-refractivity contribution is 9.10. The van der Waals surface area contributed by atoms with E-state index >= 15 is 0 Å². The van der Waals surface area contributed by atoms with Crippen LogP contribution in [0, 0.1) is 5.82 Å². The summed E-state index contributed by atoms with van der Waals surface area (Å²) in [6.07, 6.45) is 0. The van der Waals surface area contributed by atoms with Gasteiger partial charge in [0.25, 0.3) is 0 Å². The number of hydrogen-bond donors (Lipinski definition) is 1. The number of carbonyl (C=O) groups excluding carboxylic acids is 1. The molecule has 2 aromatic rings. The van der Waals surface area contributed by atoms with E-state index in [9.17, 15) is 9.18 Å². The second-order valence-corrected chi connectivity index (χ2v) is 5.04. The Bertz CT molecular complexity index is 601. The molecule has 20 heavy (non-hydrogen) atoms. The van der Waals surface area contributed by atoms with E-state index in [-0.39, 0.29) is 5.56 Å². The van der Waals surface area contributed by atoms with Gasteiger partial charge >= 0.3 is 5.97 Å². The molecule has 0 aliphatic carbocycles. The molecule has 0 aliphatic rings. The number of methoxy groups -OCH3 is 1. The average Bonchev–Trinajstić information content (AvgIpc) is 2.47. The Morgan fingerprint density at radius 2 is 1.85 bits per heavy atom. The number of esters is 1. The lowest BCUT2D eigenvalue weighted by atomic mass is 10.1. The summed E-state index contributed by atoms with van der Waals surface area (Å²) in [4.78, 5) is 11.9. The van der Waals surface area contributed by atoms with Crippen LogP contribution in [0.2, 0.25) is 0 Å². The number of carbonyl (C=O) groups is 1. The Hall–Kier alpha value is -1.88. The van der Waals surface area contributed by atoms with E-state index in [1.807, 2.05) is 12.1 Å². The van der Waals surface area contributed by atoms with Gasteiger partial charge in [0.05, 0.1) is 7.11 Å². The molecule has 1 N–H and O–H groups in total. The number of hydrogen-bond acceptors (Lipinski definition) is 3. The van der Waals surface area contributed by atoms with Gasteiger partial charge in [0.1, 0.15) is 5.82 Å². The third-order valence-electron chi connectivity index (χ3n) is 2.81. The van der Waals surface area contributed by atoms with Crippen LogP contribution in [-0.4, -0.2) is 13.1 Å². The van der Waals surface area contributed by atoms with E-state index in [4.69, 9.17) is 4.74 Å². The van der Waals surface area contributed by atoms with Crippen LogP contribution in [-0.2, 0) is 9.53 Å². The summed E-state index contributed by atoms with van der Waals surface area (Å²) in [7, 11) is 1.28. The summed E-state index contributed by atoms with van der Waals surface area (Å²) < 4.78 is 19.5. The van der Waals surface area contributed by atoms with Gasteiger partial charge in [-0.3, -0.25) is 0 Å². The van der Waals surface area contributed by atoms with Gasteiger partial charge in [0, 0.05) is 15.7 Å². The van der Waals surface area contributed by atoms with E-state index < -0.39 is 17.8 Å². The highest BCUT2D eigenvalue weighted by atomic mass is 79.9. The number of ether oxygens (including phenoxy) is 1. The van der Waals surface area contributed by atoms with Crippen LogP contribution in [0.5, 0.6) is 0 Å². The lowest BCUT2D eigenvalue weighted by Crippen LogP contribution is -2.23. The molecule has 0 heterocycles. The molecule has 5 heteroatoms. The Balaban J connectivity index is 2.31. The molecule has 0 saturated heterocycles. The van der Waals surface area contributed by atoms with Crippen LogP contribution in [0.1, 0.15) is 11.6 Å². The van der Waals surface area contributed by atoms with Gasteiger partial charge < -0.3 is 10.1 Å². The van der Waals surface area contributed by atoms with E-state index in [1.54, 1.807) is 30.3 Å². The largest absolute Gasteiger partial charge is 0.467 e. The monoisotopic (exact) mass is 337 g/mol. The van der Waals surface area contributed by atoms with Crippen molar-refractivity contribution in [1.82, 2.24) is 0 Å². The molecule has 0 amide bonds. The fourth-order valence-electron chi connectivity index (χ4n) is 1.80. The van der Waals surface area contributed by atoms with Crippen molar-refractivity contribution in [3.05, 3.63) is 64.4 Å². The van der Waals surface area contributed by atoms with Crippen LogP contribution in [0.3, 0.4) is 0 Å². The summed E-state index contributed by atoms with van der Waals surface area (Å²) in [5, 5.41) is 2.98. The normalized spacial score (nSPS) is 11.8. The second-order valence-electron chi connectivity index (χ2n) is 4.13. The van der Waals surface area contributed by atoms with Gasteiger partial charge in [-0.2, -0.15) is 0 Å². The van der Waals surface area contributed by atoms with Crippen molar-refractivity contribution in [2.45, 2.75) is 6.04 Å². The lowest BCUT2D eigenvalue weighted by Gasteiger charge is -2.18. The smallest absolute Gasteiger partial charge is 0.333 e. The molecule has 104 valence electrons. The fraction of sp³-hybridized carbons (Fsp3) is 0.133. The highest BCUT2D eigenvalue weighted by Gasteiger charge is 2.24. The number of anilines is 1. The zero-order chi connectivity index (χ0) is 14.5. The van der Waals surface area contributed by atoms with Crippen molar-refractivity contribution >= 4 is 27.6 Å². The molecule has 3 nitrogen and oxygen atoms in total. The first-order chi connectivity index (χ1) is 9.61. The van der Waals surface area contributed by atoms with Gasteiger partial charge in [-0.1, -0.05) is 34.1 Å². The molecular weight excluding hydrogens is 325 g/mol. The molecule has 0 radical (unpaired) electrons. The second kappa shape index (κ2) is 6.52. The predicted octanol–water partition coefficient (Wildman–Crippen LogP) is 3.91. The van der Waals surface area contributed by atoms with Crippen LogP contribution in [0.15, 0.2) is 53.0 Å². The van der Waals surface area contributed by atoms with Gasteiger partial charge in [-0.05, 0) is 30.3 Å². The Morgan fingerprint density at radius 1 is 1.20 bits per heavy atom. The molecule has 0 aromatic heterocycles. The molecule has 2 rings (SSSR count). The van der Waals surface area contributed by atoms with E-state index in [1.165, 1.54) is 13.2 Å². The first kappa shape index (κ1) is 14.5. The standard InChI is InChI=1S/C15H13BrFNO2/c1-20-15(19)14(12-4-2-3-5-13(12)17)18-11-8-6-10(16)7-9-11/h2-9,14,18H,1H3. The molecular formula is C15H13BrFNO2. The third kappa shape index (κ3) is 3.36. The molecule has 0 fully saturated rings. The lowest BCUT2D eigenvalue weighted by molar-refractivity contribution is -0.141. The Kier molecular flexibility index (Phi) is 4.74. The van der Waals surface area contributed by atoms with Crippen molar-refractivity contribution < 1.29 is 13.9 Å². The summed E-state index contributed by atoms with van der Waals surface area (Å²) in [5.41, 5.74) is 0.953. The van der Waals surface area contributed by atoms with Gasteiger partial charge in [0.2, 0.25) is 0 Å². The van der Waals surface area contributed by atoms with Crippen molar-refractivity contribution in [3.8, 4) is 0 Å². The van der Waals surface area contributed by atoms with Gasteiger partial charge in [-0.15, -0.1) is 0 Å². The van der Waals surface area contributed by atoms with Crippen molar-refractivity contribution in [2.24, 2.45) is 0 Å². The van der Waals surface area contributed by atoms with Crippen molar-refractivity contribution in [1.29, 1.82) is 0 Å². The highest BCUT2D eigenvalue weighted by Crippen LogP contribution is 2.24. The number of nitrogens with one attached hydrogen (secondary N) is 1. The third-order valence-corrected chi connectivity index (χ3v) is 3.34. The number of rotatable bonds is 4. The number of halogens is 2. The first-order valence-corrected chi connectivity index (χ1v) is 6.75. The van der Waals surface area contributed by atoms with Crippen LogP contribution in [0.4, 0.5) is 10.1 Å². The SMILES string of the molecule is COC(=O)C(Nc1ccc(Br)cc1)c1ccccc1F. The van der Waals surface area contributed by atoms with E-state index in [0.29, 0.717) is 5.69 Å². The summed E-state index contributed by atoms with van der Waals surface area (Å²) in [6.45, 7) is 0. The quantitative estimate of drug-likeness (QED) is 0.859. The van der Waals surface area contributed by atoms with Crippen molar-refractivity contribution in [3.63, 3.8) is 0 Å². The number of benzene rings is 2. The minimum Gasteiger partial charge on any atom is -0.467 e. The Morgan fingerprint density at radius 3 is 2.45 bits per heavy atom. The molecule has 1 unspecified atom stereocenters. The maximum absolute atomic E-state index is 13.8. The van der Waals surface area contributed by atoms with Gasteiger partial charge in [0.15, 0.2) is 6.04 Å². The average molecular weight is 338 g/mol.